The third kappa shape index (κ3) is 2.83. The number of nitrogens with zero attached hydrogens (tertiary/aromatic N) is 4. The van der Waals surface area contributed by atoms with Crippen LogP contribution >= 0.6 is 0 Å². The summed E-state index contributed by atoms with van der Waals surface area (Å²) in [5.41, 5.74) is 2.08. The summed E-state index contributed by atoms with van der Waals surface area (Å²) in [4.78, 5) is 22.1. The molecule has 2 aromatic carbocycles. The second kappa shape index (κ2) is 6.88. The van der Waals surface area contributed by atoms with Gasteiger partial charge in [0, 0.05) is 12.1 Å². The van der Waals surface area contributed by atoms with Crippen molar-refractivity contribution < 1.29 is 14.2 Å². The molecule has 0 saturated carbocycles. The molecule has 2 aromatic heterocycles. The van der Waals surface area contributed by atoms with Gasteiger partial charge in [0.15, 0.2) is 11.5 Å². The van der Waals surface area contributed by atoms with Crippen LogP contribution in [0.25, 0.3) is 21.9 Å². The molecule has 0 fully saturated rings. The van der Waals surface area contributed by atoms with Crippen LogP contribution in [0.3, 0.4) is 0 Å². The summed E-state index contributed by atoms with van der Waals surface area (Å²) in [7, 11) is 4.74. The molecule has 4 rings (SSSR count). The number of ether oxygens (including phenoxy) is 3. The fourth-order valence-corrected chi connectivity index (χ4v) is 3.25. The first-order valence-electron chi connectivity index (χ1n) is 8.67. The largest absolute Gasteiger partial charge is 0.497 e. The number of imidazole rings is 1. The lowest BCUT2D eigenvalue weighted by atomic mass is 10.2. The molecule has 0 aliphatic rings. The van der Waals surface area contributed by atoms with Crippen LogP contribution in [0.15, 0.2) is 41.5 Å². The highest BCUT2D eigenvalue weighted by molar-refractivity contribution is 5.80. The zero-order chi connectivity index (χ0) is 19.8. The first kappa shape index (κ1) is 17.8. The molecule has 4 aromatic rings. The summed E-state index contributed by atoms with van der Waals surface area (Å²) in [5, 5.41) is 0.508. The van der Waals surface area contributed by atoms with Crippen molar-refractivity contribution in [3.63, 3.8) is 0 Å². The molecule has 0 unspecified atom stereocenters. The van der Waals surface area contributed by atoms with Crippen molar-refractivity contribution in [2.45, 2.75) is 13.6 Å². The molecular formula is C20H20N4O4. The van der Waals surface area contributed by atoms with E-state index in [4.69, 9.17) is 14.2 Å². The van der Waals surface area contributed by atoms with Gasteiger partial charge in [0.2, 0.25) is 0 Å². The third-order valence-electron chi connectivity index (χ3n) is 4.77. The van der Waals surface area contributed by atoms with E-state index in [1.807, 2.05) is 23.6 Å². The Morgan fingerprint density at radius 2 is 1.71 bits per heavy atom. The van der Waals surface area contributed by atoms with E-state index in [2.05, 4.69) is 9.97 Å². The normalized spacial score (nSPS) is 11.1. The second-order valence-corrected chi connectivity index (χ2v) is 6.33. The molecule has 0 aliphatic heterocycles. The molecule has 0 atom stereocenters. The van der Waals surface area contributed by atoms with Gasteiger partial charge in [-0.3, -0.25) is 9.36 Å². The summed E-state index contributed by atoms with van der Waals surface area (Å²) in [6, 6.07) is 8.95. The first-order chi connectivity index (χ1) is 13.5. The summed E-state index contributed by atoms with van der Waals surface area (Å²) < 4.78 is 19.4. The highest BCUT2D eigenvalue weighted by Crippen LogP contribution is 2.31. The Hall–Kier alpha value is -3.55. The molecule has 144 valence electrons. The Balaban J connectivity index is 1.85. The predicted octanol–water partition coefficient (Wildman–Crippen LogP) is 2.59. The average molecular weight is 380 g/mol. The molecule has 0 aliphatic carbocycles. The Bertz CT molecular complexity index is 1240. The van der Waals surface area contributed by atoms with Crippen molar-refractivity contribution in [2.24, 2.45) is 0 Å². The molecule has 8 heteroatoms. The number of rotatable bonds is 5. The van der Waals surface area contributed by atoms with Crippen LogP contribution in [0.4, 0.5) is 0 Å². The number of aromatic nitrogens is 4. The molecule has 0 N–H and O–H groups in total. The molecule has 2 heterocycles. The van der Waals surface area contributed by atoms with Gasteiger partial charge < -0.3 is 18.8 Å². The van der Waals surface area contributed by atoms with Crippen LogP contribution in [-0.4, -0.2) is 40.4 Å². The minimum absolute atomic E-state index is 0.135. The van der Waals surface area contributed by atoms with Gasteiger partial charge in [0.05, 0.1) is 49.6 Å². The summed E-state index contributed by atoms with van der Waals surface area (Å²) >= 11 is 0. The van der Waals surface area contributed by atoms with Crippen molar-refractivity contribution >= 4 is 21.9 Å². The summed E-state index contributed by atoms with van der Waals surface area (Å²) in [6.45, 7) is 2.09. The van der Waals surface area contributed by atoms with E-state index in [0.717, 1.165) is 11.0 Å². The van der Waals surface area contributed by atoms with Crippen LogP contribution in [-0.2, 0) is 6.67 Å². The predicted molar refractivity (Wildman–Crippen MR) is 106 cm³/mol. The fourth-order valence-electron chi connectivity index (χ4n) is 3.25. The van der Waals surface area contributed by atoms with Crippen molar-refractivity contribution in [1.82, 2.24) is 19.1 Å². The van der Waals surface area contributed by atoms with E-state index in [0.29, 0.717) is 34.0 Å². The number of benzene rings is 2. The van der Waals surface area contributed by atoms with Crippen LogP contribution in [0.5, 0.6) is 17.2 Å². The van der Waals surface area contributed by atoms with Crippen LogP contribution in [0.1, 0.15) is 5.82 Å². The number of methoxy groups -OCH3 is 3. The lowest BCUT2D eigenvalue weighted by Gasteiger charge is -2.13. The average Bonchev–Trinajstić information content (AvgIpc) is 3.11. The van der Waals surface area contributed by atoms with E-state index >= 15 is 0 Å². The highest BCUT2D eigenvalue weighted by Gasteiger charge is 2.13. The Kier molecular flexibility index (Phi) is 4.38. The Labute approximate surface area is 160 Å². The quantitative estimate of drug-likeness (QED) is 0.529. The van der Waals surface area contributed by atoms with E-state index in [9.17, 15) is 4.79 Å². The summed E-state index contributed by atoms with van der Waals surface area (Å²) in [5.74, 6) is 2.44. The maximum absolute atomic E-state index is 13.1. The zero-order valence-electron chi connectivity index (χ0n) is 16.1. The smallest absolute Gasteiger partial charge is 0.263 e. The molecule has 8 nitrogen and oxygen atoms in total. The van der Waals surface area contributed by atoms with Gasteiger partial charge in [0.25, 0.3) is 5.56 Å². The van der Waals surface area contributed by atoms with E-state index in [-0.39, 0.29) is 12.2 Å². The minimum Gasteiger partial charge on any atom is -0.497 e. The third-order valence-corrected chi connectivity index (χ3v) is 4.77. The van der Waals surface area contributed by atoms with Crippen LogP contribution in [0.2, 0.25) is 0 Å². The van der Waals surface area contributed by atoms with Gasteiger partial charge in [-0.05, 0) is 25.1 Å². The molecular weight excluding hydrogens is 360 g/mol. The Morgan fingerprint density at radius 1 is 0.964 bits per heavy atom. The fraction of sp³-hybridized carbons (Fsp3) is 0.250. The zero-order valence-corrected chi connectivity index (χ0v) is 16.1. The maximum atomic E-state index is 13.1. The molecule has 0 amide bonds. The van der Waals surface area contributed by atoms with E-state index in [1.54, 1.807) is 50.4 Å². The monoisotopic (exact) mass is 380 g/mol. The van der Waals surface area contributed by atoms with Gasteiger partial charge in [0.1, 0.15) is 18.2 Å². The Morgan fingerprint density at radius 3 is 2.43 bits per heavy atom. The van der Waals surface area contributed by atoms with Gasteiger partial charge in [-0.2, -0.15) is 0 Å². The molecule has 0 radical (unpaired) electrons. The van der Waals surface area contributed by atoms with Crippen molar-refractivity contribution in [2.75, 3.05) is 21.3 Å². The van der Waals surface area contributed by atoms with Gasteiger partial charge >= 0.3 is 0 Å². The molecule has 0 spiro atoms. The van der Waals surface area contributed by atoms with Crippen LogP contribution in [0, 0.1) is 6.92 Å². The SMILES string of the molecule is COc1ccc2nc(C)n(Cn3cnc4cc(OC)c(OC)cc43)c(=O)c2c1. The number of hydrogen-bond acceptors (Lipinski definition) is 6. The second-order valence-electron chi connectivity index (χ2n) is 6.33. The molecule has 0 saturated heterocycles. The lowest BCUT2D eigenvalue weighted by molar-refractivity contribution is 0.355. The van der Waals surface area contributed by atoms with Crippen molar-refractivity contribution in [3.05, 3.63) is 52.8 Å². The number of aryl methyl sites for hydroxylation is 1. The van der Waals surface area contributed by atoms with E-state index in [1.165, 1.54) is 0 Å². The lowest BCUT2D eigenvalue weighted by Crippen LogP contribution is -2.26. The van der Waals surface area contributed by atoms with Crippen molar-refractivity contribution in [3.8, 4) is 17.2 Å². The standard InChI is InChI=1S/C20H20N4O4/c1-12-22-15-6-5-13(26-2)7-14(15)20(25)24(12)11-23-10-21-16-8-18(27-3)19(28-4)9-17(16)23/h5-10H,11H2,1-4H3. The number of hydrogen-bond donors (Lipinski definition) is 0. The van der Waals surface area contributed by atoms with E-state index < -0.39 is 0 Å². The van der Waals surface area contributed by atoms with Gasteiger partial charge in [-0.15, -0.1) is 0 Å². The topological polar surface area (TPSA) is 80.4 Å². The molecule has 0 bridgehead atoms. The molecule has 28 heavy (non-hydrogen) atoms. The van der Waals surface area contributed by atoms with Crippen LogP contribution < -0.4 is 19.8 Å². The van der Waals surface area contributed by atoms with Gasteiger partial charge in [-0.25, -0.2) is 9.97 Å². The highest BCUT2D eigenvalue weighted by atomic mass is 16.5. The van der Waals surface area contributed by atoms with Gasteiger partial charge in [-0.1, -0.05) is 0 Å². The van der Waals surface area contributed by atoms with Crippen molar-refractivity contribution in [1.29, 1.82) is 0 Å². The summed E-state index contributed by atoms with van der Waals surface area (Å²) in [6.07, 6.45) is 1.69. The first-order valence-corrected chi connectivity index (χ1v) is 8.67. The number of fused-ring (bicyclic) bond motifs is 2. The maximum Gasteiger partial charge on any atom is 0.263 e. The minimum atomic E-state index is -0.135.